The molecule has 0 aromatic carbocycles. The highest BCUT2D eigenvalue weighted by Crippen LogP contribution is 2.16. The molecule has 0 aliphatic carbocycles. The van der Waals surface area contributed by atoms with Crippen LogP contribution in [0.1, 0.15) is 232 Å². The quantitative estimate of drug-likeness (QED) is 0.0331. The van der Waals surface area contributed by atoms with Gasteiger partial charge in [0.05, 0.1) is 6.04 Å². The standard InChI is InChI=1S/C48H98N6O4/c1-3-5-7-9-11-13-15-17-19-21-23-25-27-29-42-54(43-30-28-26-24-22-20-18-16-14-12-10-8-6-4-2)46(55)36-35-45(48(57)58)53-47(56)44(52-41-33-38-50)34-31-39-51-40-32-37-49/h44-45,51-52H,3-43,49-50H2,1-2H3,(H,53,56)(H,57,58)/t44-,45-/m0/s1. The molecule has 0 aromatic rings. The number of hydrogen-bond acceptors (Lipinski definition) is 7. The zero-order valence-electron chi connectivity index (χ0n) is 38.4. The average molecular weight is 823 g/mol. The minimum atomic E-state index is -1.11. The van der Waals surface area contributed by atoms with Crippen molar-refractivity contribution >= 4 is 17.8 Å². The number of rotatable bonds is 47. The molecule has 0 aliphatic rings. The number of nitrogens with two attached hydrogens (primary N) is 2. The Kier molecular flexibility index (Phi) is 43.4. The maximum absolute atomic E-state index is 13.6. The molecule has 0 aliphatic heterocycles. The molecule has 2 amide bonds. The fourth-order valence-electron chi connectivity index (χ4n) is 7.80. The third kappa shape index (κ3) is 37.3. The summed E-state index contributed by atoms with van der Waals surface area (Å²) in [6.45, 7) is 9.32. The smallest absolute Gasteiger partial charge is 0.326 e. The number of carbonyl (C=O) groups is 3. The predicted octanol–water partition coefficient (Wildman–Crippen LogP) is 10.2. The molecule has 0 spiro atoms. The van der Waals surface area contributed by atoms with Gasteiger partial charge in [0, 0.05) is 19.5 Å². The van der Waals surface area contributed by atoms with Crippen LogP contribution in [0.15, 0.2) is 0 Å². The summed E-state index contributed by atoms with van der Waals surface area (Å²) in [6.07, 6.45) is 39.5. The Balaban J connectivity index is 4.87. The second kappa shape index (κ2) is 44.8. The third-order valence-electron chi connectivity index (χ3n) is 11.7. The molecule has 8 N–H and O–H groups in total. The van der Waals surface area contributed by atoms with E-state index in [1.807, 2.05) is 4.90 Å². The maximum Gasteiger partial charge on any atom is 0.326 e. The second-order valence-corrected chi connectivity index (χ2v) is 17.2. The number of aliphatic carboxylic acids is 1. The molecule has 0 saturated heterocycles. The molecule has 0 aromatic heterocycles. The van der Waals surface area contributed by atoms with Crippen LogP contribution >= 0.6 is 0 Å². The van der Waals surface area contributed by atoms with Crippen LogP contribution in [0.25, 0.3) is 0 Å². The monoisotopic (exact) mass is 823 g/mol. The van der Waals surface area contributed by atoms with E-state index in [0.717, 1.165) is 71.1 Å². The van der Waals surface area contributed by atoms with Crippen LogP contribution in [-0.4, -0.2) is 85.7 Å². The fraction of sp³-hybridized carbons (Fsp3) is 0.938. The summed E-state index contributed by atoms with van der Waals surface area (Å²) < 4.78 is 0. The molecule has 0 radical (unpaired) electrons. The first-order chi connectivity index (χ1) is 28.4. The summed E-state index contributed by atoms with van der Waals surface area (Å²) in [6, 6.07) is -1.63. The first-order valence-electron chi connectivity index (χ1n) is 25.1. The van der Waals surface area contributed by atoms with Crippen LogP contribution in [0.3, 0.4) is 0 Å². The van der Waals surface area contributed by atoms with Crippen LogP contribution in [-0.2, 0) is 14.4 Å². The summed E-state index contributed by atoms with van der Waals surface area (Å²) in [7, 11) is 0. The van der Waals surface area contributed by atoms with Gasteiger partial charge in [0.1, 0.15) is 6.04 Å². The van der Waals surface area contributed by atoms with Gasteiger partial charge in [-0.15, -0.1) is 0 Å². The Morgan fingerprint density at radius 1 is 0.483 bits per heavy atom. The molecule has 10 heteroatoms. The zero-order chi connectivity index (χ0) is 42.6. The van der Waals surface area contributed by atoms with Crippen molar-refractivity contribution in [2.45, 2.75) is 244 Å². The van der Waals surface area contributed by atoms with E-state index in [1.54, 1.807) is 0 Å². The number of carboxylic acid groups (broad SMARTS) is 1. The highest BCUT2D eigenvalue weighted by atomic mass is 16.4. The number of carboxylic acids is 1. The molecule has 58 heavy (non-hydrogen) atoms. The Bertz CT molecular complexity index is 877. The second-order valence-electron chi connectivity index (χ2n) is 17.2. The first-order valence-corrected chi connectivity index (χ1v) is 25.1. The summed E-state index contributed by atoms with van der Waals surface area (Å²) in [5.74, 6) is -1.43. The van der Waals surface area contributed by atoms with E-state index in [0.29, 0.717) is 26.1 Å². The first kappa shape index (κ1) is 56.2. The van der Waals surface area contributed by atoms with Crippen LogP contribution in [0.5, 0.6) is 0 Å². The Morgan fingerprint density at radius 2 is 0.862 bits per heavy atom. The van der Waals surface area contributed by atoms with E-state index in [4.69, 9.17) is 11.5 Å². The highest BCUT2D eigenvalue weighted by molar-refractivity contribution is 5.87. The number of carbonyl (C=O) groups excluding carboxylic acids is 2. The zero-order valence-corrected chi connectivity index (χ0v) is 38.4. The lowest BCUT2D eigenvalue weighted by atomic mass is 10.0. The largest absolute Gasteiger partial charge is 0.480 e. The van der Waals surface area contributed by atoms with E-state index >= 15 is 0 Å². The van der Waals surface area contributed by atoms with Gasteiger partial charge in [-0.25, -0.2) is 4.79 Å². The lowest BCUT2D eigenvalue weighted by Gasteiger charge is -2.25. The normalized spacial score (nSPS) is 12.5. The SMILES string of the molecule is CCCCCCCCCCCCCCCCN(CCCCCCCCCCCCCCCC)C(=O)CC[C@H](NC(=O)[C@H](CCCNCCCN)NCCCN)C(=O)O. The van der Waals surface area contributed by atoms with Gasteiger partial charge in [0.2, 0.25) is 11.8 Å². The number of amides is 2. The number of nitrogens with zero attached hydrogens (tertiary/aromatic N) is 1. The van der Waals surface area contributed by atoms with Gasteiger partial charge in [-0.05, 0) is 77.7 Å². The molecular weight excluding hydrogens is 725 g/mol. The number of hydrogen-bond donors (Lipinski definition) is 6. The van der Waals surface area contributed by atoms with Gasteiger partial charge < -0.3 is 37.4 Å². The maximum atomic E-state index is 13.6. The van der Waals surface area contributed by atoms with E-state index in [9.17, 15) is 19.5 Å². The number of unbranched alkanes of at least 4 members (excludes halogenated alkanes) is 26. The summed E-state index contributed by atoms with van der Waals surface area (Å²) in [5.41, 5.74) is 11.3. The van der Waals surface area contributed by atoms with Crippen molar-refractivity contribution < 1.29 is 19.5 Å². The van der Waals surface area contributed by atoms with E-state index in [1.165, 1.54) is 154 Å². The summed E-state index contributed by atoms with van der Waals surface area (Å²) in [5, 5.41) is 19.4. The van der Waals surface area contributed by atoms with Crippen molar-refractivity contribution in [3.63, 3.8) is 0 Å². The van der Waals surface area contributed by atoms with Crippen molar-refractivity contribution in [2.75, 3.05) is 45.8 Å². The van der Waals surface area contributed by atoms with Crippen molar-refractivity contribution in [2.24, 2.45) is 11.5 Å². The van der Waals surface area contributed by atoms with E-state index < -0.39 is 18.1 Å². The van der Waals surface area contributed by atoms with Crippen molar-refractivity contribution in [3.05, 3.63) is 0 Å². The molecule has 0 saturated carbocycles. The van der Waals surface area contributed by atoms with Gasteiger partial charge in [-0.1, -0.05) is 181 Å². The van der Waals surface area contributed by atoms with E-state index in [2.05, 4.69) is 29.8 Å². The van der Waals surface area contributed by atoms with Gasteiger partial charge in [0.15, 0.2) is 0 Å². The Morgan fingerprint density at radius 3 is 1.26 bits per heavy atom. The Hall–Kier alpha value is -1.75. The minimum absolute atomic E-state index is 0.00561. The molecule has 344 valence electrons. The van der Waals surface area contributed by atoms with Gasteiger partial charge in [0.25, 0.3) is 0 Å². The summed E-state index contributed by atoms with van der Waals surface area (Å²) in [4.78, 5) is 41.2. The van der Waals surface area contributed by atoms with Crippen LogP contribution in [0.4, 0.5) is 0 Å². The van der Waals surface area contributed by atoms with Gasteiger partial charge >= 0.3 is 5.97 Å². The predicted molar refractivity (Wildman–Crippen MR) is 247 cm³/mol. The molecule has 0 unspecified atom stereocenters. The molecule has 0 fully saturated rings. The lowest BCUT2D eigenvalue weighted by Crippen LogP contribution is -2.51. The third-order valence-corrected chi connectivity index (χ3v) is 11.7. The molecule has 10 nitrogen and oxygen atoms in total. The summed E-state index contributed by atoms with van der Waals surface area (Å²) >= 11 is 0. The van der Waals surface area contributed by atoms with Crippen LogP contribution in [0.2, 0.25) is 0 Å². The Labute approximate surface area is 358 Å². The topological polar surface area (TPSA) is 163 Å². The highest BCUT2D eigenvalue weighted by Gasteiger charge is 2.26. The van der Waals surface area contributed by atoms with Gasteiger partial charge in [-0.2, -0.15) is 0 Å². The molecular formula is C48H98N6O4. The lowest BCUT2D eigenvalue weighted by molar-refractivity contribution is -0.142. The fourth-order valence-corrected chi connectivity index (χ4v) is 7.80. The molecule has 0 heterocycles. The van der Waals surface area contributed by atoms with Crippen molar-refractivity contribution in [3.8, 4) is 0 Å². The van der Waals surface area contributed by atoms with E-state index in [-0.39, 0.29) is 24.7 Å². The average Bonchev–Trinajstić information content (AvgIpc) is 3.22. The van der Waals surface area contributed by atoms with Crippen molar-refractivity contribution in [1.82, 2.24) is 20.9 Å². The van der Waals surface area contributed by atoms with Crippen LogP contribution < -0.4 is 27.4 Å². The molecule has 0 bridgehead atoms. The van der Waals surface area contributed by atoms with Crippen molar-refractivity contribution in [1.29, 1.82) is 0 Å². The molecule has 0 rings (SSSR count). The number of nitrogens with one attached hydrogen (secondary N) is 3. The van der Waals surface area contributed by atoms with Gasteiger partial charge in [-0.3, -0.25) is 9.59 Å². The molecule has 2 atom stereocenters. The van der Waals surface area contributed by atoms with Crippen LogP contribution in [0, 0.1) is 0 Å². The minimum Gasteiger partial charge on any atom is -0.480 e.